The zero-order valence-electron chi connectivity index (χ0n) is 10.6. The number of pyridine rings is 1. The molecule has 1 aromatic rings. The predicted molar refractivity (Wildman–Crippen MR) is 83.2 cm³/mol. The zero-order chi connectivity index (χ0) is 13.0. The van der Waals surface area contributed by atoms with Crippen molar-refractivity contribution in [3.8, 4) is 0 Å². The summed E-state index contributed by atoms with van der Waals surface area (Å²) in [6.07, 6.45) is 6.93. The topological polar surface area (TPSA) is 28.2 Å². The van der Waals surface area contributed by atoms with Crippen LogP contribution in [0.2, 0.25) is 0 Å². The van der Waals surface area contributed by atoms with Crippen molar-refractivity contribution in [1.29, 1.82) is 0 Å². The predicted octanol–water partition coefficient (Wildman–Crippen LogP) is 3.58. The number of rotatable bonds is 4. The monoisotopic (exact) mass is 375 g/mol. The van der Waals surface area contributed by atoms with Crippen LogP contribution in [0.1, 0.15) is 25.7 Å². The van der Waals surface area contributed by atoms with Crippen molar-refractivity contribution in [2.45, 2.75) is 31.7 Å². The molecule has 1 saturated heterocycles. The van der Waals surface area contributed by atoms with Crippen molar-refractivity contribution in [2.75, 3.05) is 25.0 Å². The number of aromatic nitrogens is 1. The summed E-state index contributed by atoms with van der Waals surface area (Å²) >= 11 is 7.08. The Bertz CT molecular complexity index is 398. The quantitative estimate of drug-likeness (QED) is 0.870. The lowest BCUT2D eigenvalue weighted by molar-refractivity contribution is 0.430. The van der Waals surface area contributed by atoms with Gasteiger partial charge in [0.1, 0.15) is 5.82 Å². The molecule has 2 heterocycles. The summed E-state index contributed by atoms with van der Waals surface area (Å²) in [4.78, 5) is 7.03. The third kappa shape index (κ3) is 3.45. The summed E-state index contributed by atoms with van der Waals surface area (Å²) in [7, 11) is 2.01. The Balaban J connectivity index is 2.16. The van der Waals surface area contributed by atoms with Gasteiger partial charge < -0.3 is 10.2 Å². The normalized spacial score (nSPS) is 20.2. The molecule has 0 amide bonds. The largest absolute Gasteiger partial charge is 0.353 e. The zero-order valence-corrected chi connectivity index (χ0v) is 13.8. The van der Waals surface area contributed by atoms with Gasteiger partial charge in [0.2, 0.25) is 0 Å². The van der Waals surface area contributed by atoms with Crippen molar-refractivity contribution in [3.05, 3.63) is 21.2 Å². The highest BCUT2D eigenvalue weighted by Crippen LogP contribution is 2.32. The molecule has 0 aromatic carbocycles. The molecule has 1 N–H and O–H groups in total. The highest BCUT2D eigenvalue weighted by Gasteiger charge is 2.24. The van der Waals surface area contributed by atoms with Crippen LogP contribution >= 0.6 is 31.9 Å². The van der Waals surface area contributed by atoms with Crippen molar-refractivity contribution in [1.82, 2.24) is 10.3 Å². The maximum absolute atomic E-state index is 4.57. The van der Waals surface area contributed by atoms with Gasteiger partial charge in [-0.1, -0.05) is 0 Å². The van der Waals surface area contributed by atoms with E-state index in [4.69, 9.17) is 0 Å². The average molecular weight is 377 g/mol. The Morgan fingerprint density at radius 2 is 2.28 bits per heavy atom. The lowest BCUT2D eigenvalue weighted by Crippen LogP contribution is -2.41. The molecule has 1 fully saturated rings. The molecule has 1 aromatic heterocycles. The molecular weight excluding hydrogens is 358 g/mol. The van der Waals surface area contributed by atoms with Crippen LogP contribution in [0, 0.1) is 0 Å². The van der Waals surface area contributed by atoms with Gasteiger partial charge in [0, 0.05) is 23.3 Å². The molecule has 18 heavy (non-hydrogen) atoms. The Hall–Kier alpha value is -0.130. The van der Waals surface area contributed by atoms with Crippen molar-refractivity contribution < 1.29 is 0 Å². The molecule has 0 saturated carbocycles. The van der Waals surface area contributed by atoms with Gasteiger partial charge in [0.25, 0.3) is 0 Å². The maximum atomic E-state index is 4.57. The first-order valence-electron chi connectivity index (χ1n) is 6.44. The summed E-state index contributed by atoms with van der Waals surface area (Å²) in [5.41, 5.74) is 0. The molecule has 1 aliphatic heterocycles. The van der Waals surface area contributed by atoms with Gasteiger partial charge in [0.05, 0.1) is 4.47 Å². The minimum absolute atomic E-state index is 0.608. The van der Waals surface area contributed by atoms with E-state index in [2.05, 4.69) is 53.1 Å². The molecular formula is C13H19Br2N3. The second-order valence-corrected chi connectivity index (χ2v) is 6.46. The van der Waals surface area contributed by atoms with E-state index in [0.29, 0.717) is 6.04 Å². The molecule has 0 aliphatic carbocycles. The molecule has 0 radical (unpaired) electrons. The molecule has 1 aliphatic rings. The molecule has 3 nitrogen and oxygen atoms in total. The third-order valence-corrected chi connectivity index (χ3v) is 4.43. The van der Waals surface area contributed by atoms with E-state index < -0.39 is 0 Å². The molecule has 1 unspecified atom stereocenters. The van der Waals surface area contributed by atoms with Crippen molar-refractivity contribution in [3.63, 3.8) is 0 Å². The number of hydrogen-bond donors (Lipinski definition) is 1. The highest BCUT2D eigenvalue weighted by atomic mass is 79.9. The summed E-state index contributed by atoms with van der Waals surface area (Å²) < 4.78 is 2.09. The Morgan fingerprint density at radius 3 is 3.00 bits per heavy atom. The SMILES string of the molecule is CNCCC1CCCCN1c1ncc(Br)cc1Br. The third-order valence-electron chi connectivity index (χ3n) is 3.42. The first kappa shape index (κ1) is 14.3. The van der Waals surface area contributed by atoms with E-state index in [-0.39, 0.29) is 0 Å². The first-order valence-corrected chi connectivity index (χ1v) is 8.03. The fourth-order valence-electron chi connectivity index (χ4n) is 2.51. The van der Waals surface area contributed by atoms with Crippen LogP contribution in [-0.4, -0.2) is 31.2 Å². The van der Waals surface area contributed by atoms with Gasteiger partial charge in [-0.15, -0.1) is 0 Å². The van der Waals surface area contributed by atoms with Crippen LogP contribution in [0.25, 0.3) is 0 Å². The summed E-state index contributed by atoms with van der Waals surface area (Å²) in [6.45, 7) is 2.18. The minimum Gasteiger partial charge on any atom is -0.353 e. The van der Waals surface area contributed by atoms with Gasteiger partial charge in [-0.05, 0) is 77.2 Å². The van der Waals surface area contributed by atoms with Gasteiger partial charge in [0.15, 0.2) is 0 Å². The summed E-state index contributed by atoms with van der Waals surface area (Å²) in [5, 5.41) is 3.24. The second kappa shape index (κ2) is 6.87. The van der Waals surface area contributed by atoms with Gasteiger partial charge in [-0.2, -0.15) is 0 Å². The second-order valence-electron chi connectivity index (χ2n) is 4.69. The Kier molecular flexibility index (Phi) is 5.45. The van der Waals surface area contributed by atoms with Crippen LogP contribution in [-0.2, 0) is 0 Å². The van der Waals surface area contributed by atoms with Crippen LogP contribution < -0.4 is 10.2 Å². The summed E-state index contributed by atoms with van der Waals surface area (Å²) in [6, 6.07) is 2.68. The molecule has 2 rings (SSSR count). The Labute approximate surface area is 126 Å². The standard InChI is InChI=1S/C13H19Br2N3/c1-16-6-5-11-4-2-3-7-18(11)13-12(15)8-10(14)9-17-13/h8-9,11,16H,2-7H2,1H3. The lowest BCUT2D eigenvalue weighted by atomic mass is 9.99. The van der Waals surface area contributed by atoms with Gasteiger partial charge in [-0.3, -0.25) is 0 Å². The van der Waals surface area contributed by atoms with Crippen LogP contribution in [0.15, 0.2) is 21.2 Å². The highest BCUT2D eigenvalue weighted by molar-refractivity contribution is 9.11. The molecule has 100 valence electrons. The molecule has 0 bridgehead atoms. The van der Waals surface area contributed by atoms with Gasteiger partial charge in [-0.25, -0.2) is 4.98 Å². The lowest BCUT2D eigenvalue weighted by Gasteiger charge is -2.37. The van der Waals surface area contributed by atoms with Gasteiger partial charge >= 0.3 is 0 Å². The number of hydrogen-bond acceptors (Lipinski definition) is 3. The number of halogens is 2. The number of nitrogens with zero attached hydrogens (tertiary/aromatic N) is 2. The van der Waals surface area contributed by atoms with E-state index in [1.807, 2.05) is 13.2 Å². The maximum Gasteiger partial charge on any atom is 0.143 e. The number of anilines is 1. The van der Waals surface area contributed by atoms with E-state index in [1.165, 1.54) is 25.7 Å². The van der Waals surface area contributed by atoms with E-state index >= 15 is 0 Å². The minimum atomic E-state index is 0.608. The molecule has 5 heteroatoms. The van der Waals surface area contributed by atoms with Crippen LogP contribution in [0.5, 0.6) is 0 Å². The van der Waals surface area contributed by atoms with E-state index in [1.54, 1.807) is 0 Å². The fourth-order valence-corrected chi connectivity index (χ4v) is 3.72. The van der Waals surface area contributed by atoms with Crippen molar-refractivity contribution >= 4 is 37.7 Å². The molecule has 1 atom stereocenters. The van der Waals surface area contributed by atoms with Crippen LogP contribution in [0.4, 0.5) is 5.82 Å². The van der Waals surface area contributed by atoms with Crippen LogP contribution in [0.3, 0.4) is 0 Å². The Morgan fingerprint density at radius 1 is 1.44 bits per heavy atom. The van der Waals surface area contributed by atoms with E-state index in [9.17, 15) is 0 Å². The number of piperidine rings is 1. The van der Waals surface area contributed by atoms with E-state index in [0.717, 1.165) is 27.9 Å². The first-order chi connectivity index (χ1) is 8.72. The van der Waals surface area contributed by atoms with Crippen molar-refractivity contribution in [2.24, 2.45) is 0 Å². The smallest absolute Gasteiger partial charge is 0.143 e. The number of nitrogens with one attached hydrogen (secondary N) is 1. The summed E-state index contributed by atoms with van der Waals surface area (Å²) in [5.74, 6) is 1.08. The average Bonchev–Trinajstić information content (AvgIpc) is 2.37. The molecule has 0 spiro atoms. The fraction of sp³-hybridized carbons (Fsp3) is 0.615.